The highest BCUT2D eigenvalue weighted by molar-refractivity contribution is 5.43. The van der Waals surface area contributed by atoms with E-state index in [4.69, 9.17) is 10.5 Å². The van der Waals surface area contributed by atoms with Crippen LogP contribution in [0.15, 0.2) is 18.2 Å². The molecule has 0 spiro atoms. The lowest BCUT2D eigenvalue weighted by Crippen LogP contribution is -2.46. The number of benzene rings is 1. The highest BCUT2D eigenvalue weighted by Crippen LogP contribution is 2.64. The minimum absolute atomic E-state index is 0.0478. The minimum atomic E-state index is -0.0478. The third kappa shape index (κ3) is 1.34. The predicted molar refractivity (Wildman–Crippen MR) is 78.6 cm³/mol. The number of hydrogen-bond donors (Lipinski definition) is 1. The van der Waals surface area contributed by atoms with Gasteiger partial charge in [-0.15, -0.1) is 0 Å². The lowest BCUT2D eigenvalue weighted by Gasteiger charge is -2.40. The van der Waals surface area contributed by atoms with Crippen molar-refractivity contribution in [2.75, 3.05) is 6.61 Å². The van der Waals surface area contributed by atoms with Crippen LogP contribution in [0.25, 0.3) is 0 Å². The van der Waals surface area contributed by atoms with Crippen molar-refractivity contribution in [3.8, 4) is 5.75 Å². The number of ether oxygens (including phenoxy) is 1. The van der Waals surface area contributed by atoms with Crippen molar-refractivity contribution >= 4 is 0 Å². The van der Waals surface area contributed by atoms with Crippen molar-refractivity contribution in [3.05, 3.63) is 29.3 Å². The van der Waals surface area contributed by atoms with Gasteiger partial charge in [0.05, 0.1) is 6.61 Å². The molecule has 1 aliphatic heterocycles. The Balaban J connectivity index is 1.54. The molecule has 5 atom stereocenters. The molecule has 0 amide bonds. The van der Waals surface area contributed by atoms with Crippen LogP contribution in [0.1, 0.15) is 43.2 Å². The fourth-order valence-corrected chi connectivity index (χ4v) is 6.00. The normalized spacial score (nSPS) is 44.5. The second-order valence-electron chi connectivity index (χ2n) is 7.53. The van der Waals surface area contributed by atoms with Gasteiger partial charge in [-0.05, 0) is 66.5 Å². The third-order valence-corrected chi connectivity index (χ3v) is 6.79. The molecule has 4 aliphatic rings. The predicted octanol–water partition coefficient (Wildman–Crippen LogP) is 3.23. The zero-order valence-corrected chi connectivity index (χ0v) is 12.0. The zero-order chi connectivity index (χ0) is 13.3. The van der Waals surface area contributed by atoms with E-state index >= 15 is 0 Å². The first-order valence-electron chi connectivity index (χ1n) is 8.31. The van der Waals surface area contributed by atoms with Gasteiger partial charge in [0.2, 0.25) is 0 Å². The van der Waals surface area contributed by atoms with Gasteiger partial charge in [-0.2, -0.15) is 0 Å². The van der Waals surface area contributed by atoms with E-state index in [1.165, 1.54) is 43.2 Å². The van der Waals surface area contributed by atoms with Gasteiger partial charge in [0.25, 0.3) is 0 Å². The summed E-state index contributed by atoms with van der Waals surface area (Å²) in [6.45, 7) is 0.840. The van der Waals surface area contributed by atoms with Crippen molar-refractivity contribution in [2.24, 2.45) is 29.4 Å². The summed E-state index contributed by atoms with van der Waals surface area (Å²) >= 11 is 0. The van der Waals surface area contributed by atoms with Crippen molar-refractivity contribution in [1.29, 1.82) is 0 Å². The monoisotopic (exact) mass is 269 g/mol. The Labute approximate surface area is 120 Å². The van der Waals surface area contributed by atoms with E-state index in [0.29, 0.717) is 0 Å². The van der Waals surface area contributed by atoms with Gasteiger partial charge in [0.1, 0.15) is 5.75 Å². The largest absolute Gasteiger partial charge is 0.493 e. The molecular formula is C18H23NO. The molecule has 2 bridgehead atoms. The van der Waals surface area contributed by atoms with Gasteiger partial charge in [0.15, 0.2) is 0 Å². The van der Waals surface area contributed by atoms with Crippen LogP contribution < -0.4 is 10.5 Å². The van der Waals surface area contributed by atoms with E-state index in [1.807, 2.05) is 0 Å². The molecule has 2 heteroatoms. The molecule has 1 heterocycles. The molecule has 0 aromatic heterocycles. The quantitative estimate of drug-likeness (QED) is 0.849. The zero-order valence-electron chi connectivity index (χ0n) is 12.0. The van der Waals surface area contributed by atoms with Crippen LogP contribution in [0.2, 0.25) is 0 Å². The Morgan fingerprint density at radius 2 is 2.10 bits per heavy atom. The molecule has 0 radical (unpaired) electrons. The Morgan fingerprint density at radius 1 is 1.20 bits per heavy atom. The first-order chi connectivity index (χ1) is 9.75. The number of rotatable bonds is 1. The van der Waals surface area contributed by atoms with Crippen molar-refractivity contribution in [2.45, 2.75) is 44.1 Å². The van der Waals surface area contributed by atoms with Gasteiger partial charge < -0.3 is 10.5 Å². The highest BCUT2D eigenvalue weighted by atomic mass is 16.5. The van der Waals surface area contributed by atoms with Crippen LogP contribution in [0.5, 0.6) is 5.75 Å². The molecule has 3 aliphatic carbocycles. The summed E-state index contributed by atoms with van der Waals surface area (Å²) in [6, 6.07) is 6.76. The topological polar surface area (TPSA) is 35.2 Å². The van der Waals surface area contributed by atoms with Crippen molar-refractivity contribution in [3.63, 3.8) is 0 Å². The van der Waals surface area contributed by atoms with Crippen molar-refractivity contribution < 1.29 is 4.74 Å². The fourth-order valence-electron chi connectivity index (χ4n) is 6.00. The summed E-state index contributed by atoms with van der Waals surface area (Å²) in [6.07, 6.45) is 8.01. The van der Waals surface area contributed by atoms with Crippen LogP contribution in [-0.2, 0) is 12.0 Å². The molecule has 5 rings (SSSR count). The van der Waals surface area contributed by atoms with E-state index in [9.17, 15) is 0 Å². The first-order valence-corrected chi connectivity index (χ1v) is 8.31. The Hall–Kier alpha value is -1.02. The maximum atomic E-state index is 6.97. The lowest BCUT2D eigenvalue weighted by molar-refractivity contribution is 0.156. The van der Waals surface area contributed by atoms with Crippen LogP contribution in [0, 0.1) is 23.7 Å². The van der Waals surface area contributed by atoms with Crippen molar-refractivity contribution in [1.82, 2.24) is 0 Å². The summed E-state index contributed by atoms with van der Waals surface area (Å²) < 4.78 is 5.64. The van der Waals surface area contributed by atoms with Crippen LogP contribution >= 0.6 is 0 Å². The van der Waals surface area contributed by atoms with E-state index in [-0.39, 0.29) is 5.54 Å². The first kappa shape index (κ1) is 11.6. The molecule has 3 saturated carbocycles. The third-order valence-electron chi connectivity index (χ3n) is 6.79. The molecule has 2 N–H and O–H groups in total. The molecule has 106 valence electrons. The Bertz CT molecular complexity index is 569. The molecule has 1 aromatic carbocycles. The minimum Gasteiger partial charge on any atom is -0.493 e. The average molecular weight is 269 g/mol. The molecule has 20 heavy (non-hydrogen) atoms. The second kappa shape index (κ2) is 3.79. The molecule has 3 fully saturated rings. The van der Waals surface area contributed by atoms with Gasteiger partial charge in [0, 0.05) is 12.0 Å². The summed E-state index contributed by atoms with van der Waals surface area (Å²) in [4.78, 5) is 0. The molecule has 1 aromatic rings. The standard InChI is InChI=1S/C18H23NO/c19-18(13-4-5-17-11(8-13)6-7-20-17)10-12-9-16(18)15-3-1-2-14(12)15/h4-5,8,12,14-16H,1-3,6-7,9-10,19H2. The van der Waals surface area contributed by atoms with Crippen LogP contribution in [0.4, 0.5) is 0 Å². The van der Waals surface area contributed by atoms with Gasteiger partial charge in [-0.3, -0.25) is 0 Å². The maximum absolute atomic E-state index is 6.97. The van der Waals surface area contributed by atoms with Gasteiger partial charge >= 0.3 is 0 Å². The van der Waals surface area contributed by atoms with E-state index in [2.05, 4.69) is 18.2 Å². The number of fused-ring (bicyclic) bond motifs is 6. The molecule has 2 nitrogen and oxygen atoms in total. The van der Waals surface area contributed by atoms with Crippen LogP contribution in [-0.4, -0.2) is 6.61 Å². The SMILES string of the molecule is NC1(c2ccc3c(c2)CCO3)CC2CC1C1CCCC21. The Kier molecular flexibility index (Phi) is 2.20. The van der Waals surface area contributed by atoms with E-state index in [1.54, 1.807) is 0 Å². The number of hydrogen-bond acceptors (Lipinski definition) is 2. The maximum Gasteiger partial charge on any atom is 0.122 e. The van der Waals surface area contributed by atoms with E-state index < -0.39 is 0 Å². The molecule has 5 unspecified atom stereocenters. The van der Waals surface area contributed by atoms with Gasteiger partial charge in [-0.1, -0.05) is 18.6 Å². The average Bonchev–Trinajstić information content (AvgIpc) is 3.18. The Morgan fingerprint density at radius 3 is 3.05 bits per heavy atom. The molecular weight excluding hydrogens is 246 g/mol. The van der Waals surface area contributed by atoms with Gasteiger partial charge in [-0.25, -0.2) is 0 Å². The van der Waals surface area contributed by atoms with Crippen LogP contribution in [0.3, 0.4) is 0 Å². The summed E-state index contributed by atoms with van der Waals surface area (Å²) in [7, 11) is 0. The molecule has 0 saturated heterocycles. The summed E-state index contributed by atoms with van der Waals surface area (Å²) in [5.74, 6) is 4.65. The number of nitrogens with two attached hydrogens (primary N) is 1. The van der Waals surface area contributed by atoms with E-state index in [0.717, 1.165) is 42.4 Å². The smallest absolute Gasteiger partial charge is 0.122 e. The fraction of sp³-hybridized carbons (Fsp3) is 0.667. The lowest BCUT2D eigenvalue weighted by atomic mass is 9.68. The second-order valence-corrected chi connectivity index (χ2v) is 7.53. The highest BCUT2D eigenvalue weighted by Gasteiger charge is 2.59. The summed E-state index contributed by atoms with van der Waals surface area (Å²) in [5, 5.41) is 0. The summed E-state index contributed by atoms with van der Waals surface area (Å²) in [5.41, 5.74) is 9.69.